The number of nitrogens with one attached hydrogen (secondary N) is 2. The number of fused-ring (bicyclic) bond motifs is 1. The van der Waals surface area contributed by atoms with Crippen LogP contribution in [0.2, 0.25) is 0 Å². The van der Waals surface area contributed by atoms with Crippen LogP contribution in [0.5, 0.6) is 0 Å². The van der Waals surface area contributed by atoms with E-state index < -0.39 is 4.92 Å². The Labute approximate surface area is 201 Å². The summed E-state index contributed by atoms with van der Waals surface area (Å²) < 4.78 is 1.91. The summed E-state index contributed by atoms with van der Waals surface area (Å²) >= 11 is 0. The highest BCUT2D eigenvalue weighted by Gasteiger charge is 2.08. The minimum Gasteiger partial charge on any atom is -0.352 e. The molecule has 0 spiro atoms. The first-order valence-corrected chi connectivity index (χ1v) is 9.77. The Kier molecular flexibility index (Phi) is 8.08. The van der Waals surface area contributed by atoms with Crippen LogP contribution in [0.1, 0.15) is 17.0 Å². The van der Waals surface area contributed by atoms with Crippen molar-refractivity contribution in [3.05, 3.63) is 106 Å². The summed E-state index contributed by atoms with van der Waals surface area (Å²) in [6, 6.07) is 22.1. The number of hydrogen-bond acceptors (Lipinski definition) is 5. The summed E-state index contributed by atoms with van der Waals surface area (Å²) in [4.78, 5) is 15.1. The van der Waals surface area contributed by atoms with Crippen molar-refractivity contribution < 1.29 is 4.92 Å². The zero-order valence-corrected chi connectivity index (χ0v) is 19.4. The van der Waals surface area contributed by atoms with E-state index in [9.17, 15) is 10.1 Å². The molecule has 4 rings (SSSR count). The summed E-state index contributed by atoms with van der Waals surface area (Å²) in [6.45, 7) is 1.42. The maximum atomic E-state index is 10.8. The molecule has 0 fully saturated rings. The largest absolute Gasteiger partial charge is 0.352 e. The molecule has 2 heterocycles. The van der Waals surface area contributed by atoms with E-state index in [-0.39, 0.29) is 29.7 Å². The molecule has 10 heteroatoms. The Hall–Kier alpha value is -3.54. The van der Waals surface area contributed by atoms with Gasteiger partial charge >= 0.3 is 0 Å². The van der Waals surface area contributed by atoms with Gasteiger partial charge in [-0.25, -0.2) is 4.99 Å². The highest BCUT2D eigenvalue weighted by Crippen LogP contribution is 2.11. The second-order valence-corrected chi connectivity index (χ2v) is 6.83. The molecule has 0 unspecified atom stereocenters. The quantitative estimate of drug-likeness (QED) is 0.121. The lowest BCUT2D eigenvalue weighted by atomic mass is 10.2. The fourth-order valence-electron chi connectivity index (χ4n) is 3.02. The summed E-state index contributed by atoms with van der Waals surface area (Å²) in [6.07, 6.45) is 1.91. The zero-order valence-electron chi connectivity index (χ0n) is 17.1. The number of hydrogen-bond donors (Lipinski definition) is 2. The summed E-state index contributed by atoms with van der Waals surface area (Å²) in [7, 11) is 0. The molecule has 0 aliphatic rings. The second-order valence-electron chi connectivity index (χ2n) is 6.83. The Morgan fingerprint density at radius 3 is 2.38 bits per heavy atom. The number of rotatable bonds is 7. The topological polar surface area (TPSA) is 110 Å². The number of nitro groups is 1. The van der Waals surface area contributed by atoms with E-state index in [0.717, 1.165) is 22.6 Å². The number of benzene rings is 2. The average molecular weight is 543 g/mol. The van der Waals surface area contributed by atoms with E-state index in [2.05, 4.69) is 25.8 Å². The molecule has 0 saturated heterocycles. The van der Waals surface area contributed by atoms with Gasteiger partial charge in [0.2, 0.25) is 0 Å². The third-order valence-corrected chi connectivity index (χ3v) is 4.67. The third-order valence-electron chi connectivity index (χ3n) is 4.67. The van der Waals surface area contributed by atoms with Crippen LogP contribution < -0.4 is 10.6 Å². The molecule has 0 amide bonds. The molecule has 0 aliphatic carbocycles. The van der Waals surface area contributed by atoms with Crippen LogP contribution in [0.15, 0.2) is 84.0 Å². The number of guanidine groups is 1. The number of aromatic nitrogens is 3. The normalized spacial score (nSPS) is 11.1. The number of nitro benzene ring substituents is 1. The first kappa shape index (κ1) is 23.1. The van der Waals surface area contributed by atoms with Crippen LogP contribution in [-0.4, -0.2) is 25.5 Å². The molecule has 2 aromatic carbocycles. The first-order chi connectivity index (χ1) is 15.2. The van der Waals surface area contributed by atoms with Gasteiger partial charge in [0.15, 0.2) is 17.4 Å². The Balaban J connectivity index is 0.00000289. The molecule has 0 bridgehead atoms. The third kappa shape index (κ3) is 6.00. The van der Waals surface area contributed by atoms with E-state index in [1.54, 1.807) is 12.1 Å². The van der Waals surface area contributed by atoms with Gasteiger partial charge in [0, 0.05) is 24.9 Å². The highest BCUT2D eigenvalue weighted by molar-refractivity contribution is 14.0. The molecular weight excluding hydrogens is 521 g/mol. The lowest BCUT2D eigenvalue weighted by molar-refractivity contribution is -0.384. The fourth-order valence-corrected chi connectivity index (χ4v) is 3.02. The van der Waals surface area contributed by atoms with Gasteiger partial charge in [-0.05, 0) is 23.3 Å². The van der Waals surface area contributed by atoms with Crippen LogP contribution >= 0.6 is 24.0 Å². The Bertz CT molecular complexity index is 1190. The maximum absolute atomic E-state index is 10.8. The zero-order chi connectivity index (χ0) is 21.5. The number of aliphatic imine (C=N–C) groups is 1. The molecule has 164 valence electrons. The van der Waals surface area contributed by atoms with Crippen molar-refractivity contribution in [1.82, 2.24) is 25.2 Å². The van der Waals surface area contributed by atoms with Crippen LogP contribution in [0.25, 0.3) is 5.65 Å². The van der Waals surface area contributed by atoms with Gasteiger partial charge in [-0.1, -0.05) is 48.5 Å². The van der Waals surface area contributed by atoms with Crippen molar-refractivity contribution in [2.75, 3.05) is 0 Å². The van der Waals surface area contributed by atoms with Crippen molar-refractivity contribution in [3.63, 3.8) is 0 Å². The number of pyridine rings is 1. The molecule has 4 aromatic rings. The standard InChI is InChI=1S/C22H21N7O2.HI/c30-29(31)19-11-9-18(10-12-19)15-24-22(23-14-17-6-2-1-3-7-17)25-16-21-27-26-20-8-4-5-13-28(20)21;/h1-13H,14-16H2,(H2,23,24,25);1H. The molecule has 0 radical (unpaired) electrons. The van der Waals surface area contributed by atoms with Crippen LogP contribution in [-0.2, 0) is 19.6 Å². The van der Waals surface area contributed by atoms with Crippen molar-refractivity contribution in [3.8, 4) is 0 Å². The molecule has 2 N–H and O–H groups in total. The minimum absolute atomic E-state index is 0. The van der Waals surface area contributed by atoms with Gasteiger partial charge in [-0.3, -0.25) is 14.5 Å². The van der Waals surface area contributed by atoms with Gasteiger partial charge in [0.25, 0.3) is 5.69 Å². The van der Waals surface area contributed by atoms with Crippen LogP contribution in [0.3, 0.4) is 0 Å². The van der Waals surface area contributed by atoms with Gasteiger partial charge < -0.3 is 10.6 Å². The number of non-ortho nitro benzene ring substituents is 1. The van der Waals surface area contributed by atoms with E-state index in [4.69, 9.17) is 0 Å². The summed E-state index contributed by atoms with van der Waals surface area (Å²) in [5, 5.41) is 25.8. The average Bonchev–Trinajstić information content (AvgIpc) is 3.22. The van der Waals surface area contributed by atoms with E-state index in [1.165, 1.54) is 12.1 Å². The predicted octanol–water partition coefficient (Wildman–Crippen LogP) is 3.69. The lowest BCUT2D eigenvalue weighted by Crippen LogP contribution is -2.37. The lowest BCUT2D eigenvalue weighted by Gasteiger charge is -2.12. The van der Waals surface area contributed by atoms with Crippen molar-refractivity contribution in [1.29, 1.82) is 0 Å². The Morgan fingerprint density at radius 1 is 0.906 bits per heavy atom. The van der Waals surface area contributed by atoms with Crippen molar-refractivity contribution >= 4 is 41.3 Å². The van der Waals surface area contributed by atoms with Gasteiger partial charge in [0.05, 0.1) is 18.0 Å². The van der Waals surface area contributed by atoms with E-state index >= 15 is 0 Å². The van der Waals surface area contributed by atoms with Crippen LogP contribution in [0, 0.1) is 10.1 Å². The van der Waals surface area contributed by atoms with Crippen molar-refractivity contribution in [2.24, 2.45) is 4.99 Å². The maximum Gasteiger partial charge on any atom is 0.269 e. The SMILES string of the molecule is I.O=[N+]([O-])c1ccc(CNC(=NCc2ccccc2)NCc2nnc3ccccn23)cc1. The fraction of sp³-hybridized carbons (Fsp3) is 0.136. The molecular formula is C22H22IN7O2. The summed E-state index contributed by atoms with van der Waals surface area (Å²) in [5.74, 6) is 1.37. The molecule has 2 aromatic heterocycles. The molecule has 32 heavy (non-hydrogen) atoms. The molecule has 0 saturated carbocycles. The van der Waals surface area contributed by atoms with Crippen molar-refractivity contribution in [2.45, 2.75) is 19.6 Å². The van der Waals surface area contributed by atoms with Gasteiger partial charge in [-0.2, -0.15) is 0 Å². The van der Waals surface area contributed by atoms with Gasteiger partial charge in [0.1, 0.15) is 0 Å². The van der Waals surface area contributed by atoms with E-state index in [1.807, 2.05) is 59.1 Å². The minimum atomic E-state index is -0.408. The molecule has 0 aliphatic heterocycles. The Morgan fingerprint density at radius 2 is 1.62 bits per heavy atom. The second kappa shape index (κ2) is 11.2. The predicted molar refractivity (Wildman–Crippen MR) is 133 cm³/mol. The monoisotopic (exact) mass is 543 g/mol. The summed E-state index contributed by atoms with van der Waals surface area (Å²) in [5.41, 5.74) is 2.85. The molecule has 9 nitrogen and oxygen atoms in total. The number of halogens is 1. The van der Waals surface area contributed by atoms with E-state index in [0.29, 0.717) is 25.6 Å². The number of nitrogens with zero attached hydrogens (tertiary/aromatic N) is 5. The van der Waals surface area contributed by atoms with Crippen LogP contribution in [0.4, 0.5) is 5.69 Å². The first-order valence-electron chi connectivity index (χ1n) is 9.77. The smallest absolute Gasteiger partial charge is 0.269 e. The molecule has 0 atom stereocenters. The van der Waals surface area contributed by atoms with Gasteiger partial charge in [-0.15, -0.1) is 34.2 Å². The highest BCUT2D eigenvalue weighted by atomic mass is 127.